The van der Waals surface area contributed by atoms with Crippen LogP contribution in [0.5, 0.6) is 5.75 Å². The number of nitrogens with one attached hydrogen (secondary N) is 2. The molecule has 0 amide bonds. The van der Waals surface area contributed by atoms with E-state index < -0.39 is 0 Å². The fraction of sp³-hybridized carbons (Fsp3) is 0.611. The molecule has 0 aromatic heterocycles. The Kier molecular flexibility index (Phi) is 14.6. The number of halogens is 1. The molecule has 0 heterocycles. The van der Waals surface area contributed by atoms with Crippen LogP contribution in [0.4, 0.5) is 0 Å². The second-order valence-electron chi connectivity index (χ2n) is 5.49. The van der Waals surface area contributed by atoms with Crippen LogP contribution in [0.3, 0.4) is 0 Å². The summed E-state index contributed by atoms with van der Waals surface area (Å²) in [6, 6.07) is 8.24. The van der Waals surface area contributed by atoms with Crippen LogP contribution in [-0.4, -0.2) is 60.1 Å². The number of hydrogen-bond donors (Lipinski definition) is 2. The van der Waals surface area contributed by atoms with Crippen molar-refractivity contribution in [3.05, 3.63) is 29.8 Å². The fourth-order valence-corrected chi connectivity index (χ4v) is 2.21. The molecule has 1 atom stereocenters. The van der Waals surface area contributed by atoms with Crippen molar-refractivity contribution >= 4 is 29.9 Å². The first-order valence-electron chi connectivity index (χ1n) is 8.36. The predicted octanol–water partition coefficient (Wildman–Crippen LogP) is 2.63. The standard InChI is InChI=1S/C18H31N3O3.HI/c1-15(16-5-7-17(23-4)8-6-16)9-10-20-18(19-2)21-11-12-24-14-13-22-3;/h5-8,15H,9-14H2,1-4H3,(H2,19,20,21);1H. The zero-order valence-electron chi connectivity index (χ0n) is 15.7. The highest BCUT2D eigenvalue weighted by molar-refractivity contribution is 14.0. The molecule has 0 aliphatic carbocycles. The van der Waals surface area contributed by atoms with Gasteiger partial charge in [-0.1, -0.05) is 19.1 Å². The first kappa shape index (κ1) is 23.9. The van der Waals surface area contributed by atoms with Crippen molar-refractivity contribution in [3.63, 3.8) is 0 Å². The van der Waals surface area contributed by atoms with Crippen LogP contribution < -0.4 is 15.4 Å². The molecule has 1 aromatic carbocycles. The molecule has 144 valence electrons. The van der Waals surface area contributed by atoms with E-state index in [1.807, 2.05) is 12.1 Å². The maximum Gasteiger partial charge on any atom is 0.191 e. The molecule has 0 radical (unpaired) electrons. The largest absolute Gasteiger partial charge is 0.497 e. The van der Waals surface area contributed by atoms with Crippen molar-refractivity contribution in [2.75, 3.05) is 54.2 Å². The van der Waals surface area contributed by atoms with Crippen molar-refractivity contribution in [1.29, 1.82) is 0 Å². The van der Waals surface area contributed by atoms with E-state index >= 15 is 0 Å². The Hall–Kier alpha value is -1.06. The summed E-state index contributed by atoms with van der Waals surface area (Å²) < 4.78 is 15.5. The predicted molar refractivity (Wildman–Crippen MR) is 114 cm³/mol. The van der Waals surface area contributed by atoms with E-state index in [-0.39, 0.29) is 24.0 Å². The van der Waals surface area contributed by atoms with E-state index in [0.717, 1.165) is 31.2 Å². The lowest BCUT2D eigenvalue weighted by Crippen LogP contribution is -2.39. The third kappa shape index (κ3) is 10.5. The first-order chi connectivity index (χ1) is 11.7. The maximum absolute atomic E-state index is 5.41. The van der Waals surface area contributed by atoms with E-state index in [1.165, 1.54) is 5.56 Å². The molecular weight excluding hydrogens is 433 g/mol. The average molecular weight is 465 g/mol. The highest BCUT2D eigenvalue weighted by atomic mass is 127. The SMILES string of the molecule is CN=C(NCCOCCOC)NCCC(C)c1ccc(OC)cc1.I. The molecule has 2 N–H and O–H groups in total. The molecule has 0 saturated carbocycles. The molecular formula is C18H32IN3O3. The molecule has 1 aromatic rings. The summed E-state index contributed by atoms with van der Waals surface area (Å²) in [4.78, 5) is 4.21. The Morgan fingerprint density at radius 1 is 1.04 bits per heavy atom. The van der Waals surface area contributed by atoms with E-state index in [0.29, 0.717) is 25.7 Å². The van der Waals surface area contributed by atoms with Gasteiger partial charge in [-0.05, 0) is 30.0 Å². The molecule has 0 spiro atoms. The summed E-state index contributed by atoms with van der Waals surface area (Å²) in [5.74, 6) is 2.16. The minimum atomic E-state index is 0. The summed E-state index contributed by atoms with van der Waals surface area (Å²) in [5, 5.41) is 6.56. The zero-order chi connectivity index (χ0) is 17.6. The van der Waals surface area contributed by atoms with Gasteiger partial charge in [0.15, 0.2) is 5.96 Å². The zero-order valence-corrected chi connectivity index (χ0v) is 18.0. The number of aliphatic imine (C=N–C) groups is 1. The maximum atomic E-state index is 5.41. The molecule has 25 heavy (non-hydrogen) atoms. The number of nitrogens with zero attached hydrogens (tertiary/aromatic N) is 1. The second-order valence-corrected chi connectivity index (χ2v) is 5.49. The Balaban J connectivity index is 0.00000576. The molecule has 6 nitrogen and oxygen atoms in total. The van der Waals surface area contributed by atoms with Gasteiger partial charge in [-0.2, -0.15) is 0 Å². The third-order valence-electron chi connectivity index (χ3n) is 3.75. The van der Waals surface area contributed by atoms with E-state index in [1.54, 1.807) is 21.3 Å². The van der Waals surface area contributed by atoms with Crippen LogP contribution in [0.2, 0.25) is 0 Å². The molecule has 1 unspecified atom stereocenters. The highest BCUT2D eigenvalue weighted by Crippen LogP contribution is 2.21. The Bertz CT molecular complexity index is 469. The Labute approximate surface area is 168 Å². The van der Waals surface area contributed by atoms with Crippen LogP contribution >= 0.6 is 24.0 Å². The smallest absolute Gasteiger partial charge is 0.191 e. The van der Waals surface area contributed by atoms with Gasteiger partial charge in [0.1, 0.15) is 5.75 Å². The summed E-state index contributed by atoms with van der Waals surface area (Å²) in [5.41, 5.74) is 1.31. The molecule has 7 heteroatoms. The van der Waals surface area contributed by atoms with Gasteiger partial charge in [0.05, 0.1) is 26.9 Å². The number of benzene rings is 1. The number of rotatable bonds is 11. The van der Waals surface area contributed by atoms with Gasteiger partial charge in [-0.25, -0.2) is 0 Å². The van der Waals surface area contributed by atoms with E-state index in [4.69, 9.17) is 14.2 Å². The fourth-order valence-electron chi connectivity index (χ4n) is 2.21. The van der Waals surface area contributed by atoms with Gasteiger partial charge < -0.3 is 24.8 Å². The van der Waals surface area contributed by atoms with Crippen molar-refractivity contribution in [3.8, 4) is 5.75 Å². The highest BCUT2D eigenvalue weighted by Gasteiger charge is 2.06. The first-order valence-corrected chi connectivity index (χ1v) is 8.36. The Morgan fingerprint density at radius 2 is 1.72 bits per heavy atom. The monoisotopic (exact) mass is 465 g/mol. The van der Waals surface area contributed by atoms with Crippen LogP contribution in [0, 0.1) is 0 Å². The summed E-state index contributed by atoms with van der Waals surface area (Å²) in [7, 11) is 5.12. The third-order valence-corrected chi connectivity index (χ3v) is 3.75. The molecule has 0 bridgehead atoms. The number of hydrogen-bond acceptors (Lipinski definition) is 4. The van der Waals surface area contributed by atoms with Gasteiger partial charge >= 0.3 is 0 Å². The topological polar surface area (TPSA) is 64.1 Å². The number of ether oxygens (including phenoxy) is 3. The van der Waals surface area contributed by atoms with E-state index in [9.17, 15) is 0 Å². The lowest BCUT2D eigenvalue weighted by Gasteiger charge is -2.15. The average Bonchev–Trinajstić information content (AvgIpc) is 2.62. The van der Waals surface area contributed by atoms with Crippen LogP contribution in [0.15, 0.2) is 29.3 Å². The summed E-state index contributed by atoms with van der Waals surface area (Å²) in [6.45, 7) is 5.67. The molecule has 0 aliphatic heterocycles. The Morgan fingerprint density at radius 3 is 2.32 bits per heavy atom. The summed E-state index contributed by atoms with van der Waals surface area (Å²) >= 11 is 0. The van der Waals surface area contributed by atoms with Gasteiger partial charge in [-0.15, -0.1) is 24.0 Å². The van der Waals surface area contributed by atoms with E-state index in [2.05, 4.69) is 34.7 Å². The van der Waals surface area contributed by atoms with Crippen molar-refractivity contribution in [2.24, 2.45) is 4.99 Å². The molecule has 0 saturated heterocycles. The minimum Gasteiger partial charge on any atom is -0.497 e. The van der Waals surface area contributed by atoms with Gasteiger partial charge in [-0.3, -0.25) is 4.99 Å². The van der Waals surface area contributed by atoms with Gasteiger partial charge in [0.25, 0.3) is 0 Å². The van der Waals surface area contributed by atoms with Crippen LogP contribution in [0.1, 0.15) is 24.8 Å². The van der Waals surface area contributed by atoms with Crippen molar-refractivity contribution < 1.29 is 14.2 Å². The molecule has 0 fully saturated rings. The summed E-state index contributed by atoms with van der Waals surface area (Å²) in [6.07, 6.45) is 1.03. The number of guanidine groups is 1. The van der Waals surface area contributed by atoms with Crippen molar-refractivity contribution in [1.82, 2.24) is 10.6 Å². The lowest BCUT2D eigenvalue weighted by atomic mass is 9.98. The van der Waals surface area contributed by atoms with Gasteiger partial charge in [0.2, 0.25) is 0 Å². The van der Waals surface area contributed by atoms with Crippen LogP contribution in [-0.2, 0) is 9.47 Å². The molecule has 0 aliphatic rings. The number of methoxy groups -OCH3 is 2. The molecule has 1 rings (SSSR count). The normalized spacial score (nSPS) is 12.2. The van der Waals surface area contributed by atoms with Gasteiger partial charge in [0, 0.05) is 27.2 Å². The second kappa shape index (κ2) is 15.2. The quantitative estimate of drug-likeness (QED) is 0.228. The minimum absolute atomic E-state index is 0. The lowest BCUT2D eigenvalue weighted by molar-refractivity contribution is 0.0733. The van der Waals surface area contributed by atoms with Crippen LogP contribution in [0.25, 0.3) is 0 Å². The van der Waals surface area contributed by atoms with Crippen molar-refractivity contribution in [2.45, 2.75) is 19.3 Å².